The van der Waals surface area contributed by atoms with Gasteiger partial charge in [0.15, 0.2) is 5.70 Å². The van der Waals surface area contributed by atoms with E-state index in [4.69, 9.17) is 5.11 Å². The average molecular weight is 205 g/mol. The summed E-state index contributed by atoms with van der Waals surface area (Å²) in [7, 11) is 0. The summed E-state index contributed by atoms with van der Waals surface area (Å²) in [5.74, 6) is -0.184. The summed E-state index contributed by atoms with van der Waals surface area (Å²) in [6, 6.07) is 6.03. The van der Waals surface area contributed by atoms with E-state index in [1.165, 1.54) is 12.1 Å². The highest BCUT2D eigenvalue weighted by Crippen LogP contribution is 2.24. The van der Waals surface area contributed by atoms with Crippen LogP contribution in [0.5, 0.6) is 0 Å². The molecule has 4 heteroatoms. The van der Waals surface area contributed by atoms with E-state index in [9.17, 15) is 4.39 Å². The first-order valence-corrected chi connectivity index (χ1v) is 4.49. The van der Waals surface area contributed by atoms with E-state index in [2.05, 4.69) is 11.7 Å². The third-order valence-electron chi connectivity index (χ3n) is 1.98. The van der Waals surface area contributed by atoms with Gasteiger partial charge in [-0.15, -0.1) is 0 Å². The molecule has 0 amide bonds. The Balaban J connectivity index is 2.05. The third kappa shape index (κ3) is 2.10. The van der Waals surface area contributed by atoms with Crippen molar-refractivity contribution in [2.24, 2.45) is 5.11 Å². The summed E-state index contributed by atoms with van der Waals surface area (Å²) < 4.78 is 14.2. The minimum absolute atomic E-state index is 0.0868. The van der Waals surface area contributed by atoms with Crippen molar-refractivity contribution in [1.82, 2.24) is 0 Å². The Hall–Kier alpha value is -1.97. The van der Waals surface area contributed by atoms with E-state index in [0.717, 1.165) is 11.4 Å². The van der Waals surface area contributed by atoms with Crippen molar-refractivity contribution >= 4 is 5.69 Å². The van der Waals surface area contributed by atoms with E-state index in [1.807, 2.05) is 0 Å². The standard InChI is InChI=1S/C11H9FN2O/c1-8(15)6-10-7-14(13-10)11-4-2-9(12)3-5-11/h2-5,7H,1,6H2/p+1. The van der Waals surface area contributed by atoms with Crippen molar-refractivity contribution < 1.29 is 14.2 Å². The van der Waals surface area contributed by atoms with E-state index < -0.39 is 0 Å². The van der Waals surface area contributed by atoms with Crippen LogP contribution >= 0.6 is 0 Å². The minimum atomic E-state index is -0.271. The molecule has 0 aromatic heterocycles. The number of halogens is 1. The summed E-state index contributed by atoms with van der Waals surface area (Å²) in [6.07, 6.45) is 2.13. The molecule has 1 aliphatic heterocycles. The fraction of sp³-hybridized carbons (Fsp3) is 0.0909. The lowest BCUT2D eigenvalue weighted by atomic mass is 10.2. The van der Waals surface area contributed by atoms with Gasteiger partial charge in [-0.1, -0.05) is 6.58 Å². The van der Waals surface area contributed by atoms with Crippen molar-refractivity contribution in [1.29, 1.82) is 0 Å². The van der Waals surface area contributed by atoms with E-state index in [0.29, 0.717) is 6.42 Å². The summed E-state index contributed by atoms with van der Waals surface area (Å²) in [5, 5.41) is 13.0. The van der Waals surface area contributed by atoms with Crippen LogP contribution in [0.2, 0.25) is 0 Å². The van der Waals surface area contributed by atoms with E-state index in [1.54, 1.807) is 23.0 Å². The summed E-state index contributed by atoms with van der Waals surface area (Å²) >= 11 is 0. The van der Waals surface area contributed by atoms with Crippen LogP contribution in [0.25, 0.3) is 0 Å². The van der Waals surface area contributed by atoms with Gasteiger partial charge in [-0.3, -0.25) is 0 Å². The van der Waals surface area contributed by atoms with Crippen LogP contribution in [0.15, 0.2) is 53.6 Å². The maximum atomic E-state index is 12.6. The van der Waals surface area contributed by atoms with Gasteiger partial charge in [-0.25, -0.2) is 4.39 Å². The van der Waals surface area contributed by atoms with Gasteiger partial charge in [0.2, 0.25) is 11.9 Å². The van der Waals surface area contributed by atoms with Gasteiger partial charge in [0, 0.05) is 17.2 Å². The van der Waals surface area contributed by atoms with Gasteiger partial charge in [-0.2, -0.15) is 0 Å². The second-order valence-electron chi connectivity index (χ2n) is 3.28. The largest absolute Gasteiger partial charge is 0.513 e. The molecule has 1 aromatic carbocycles. The van der Waals surface area contributed by atoms with Gasteiger partial charge in [-0.05, 0) is 16.8 Å². The fourth-order valence-electron chi connectivity index (χ4n) is 1.29. The van der Waals surface area contributed by atoms with E-state index in [-0.39, 0.29) is 11.6 Å². The number of aliphatic hydroxyl groups is 1. The summed E-state index contributed by atoms with van der Waals surface area (Å²) in [5.41, 5.74) is 1.55. The number of aliphatic hydroxyl groups excluding tert-OH is 1. The van der Waals surface area contributed by atoms with Crippen molar-refractivity contribution in [2.75, 3.05) is 0 Å². The highest BCUT2D eigenvalue weighted by Gasteiger charge is 2.22. The lowest BCUT2D eigenvalue weighted by Crippen LogP contribution is -2.05. The zero-order valence-corrected chi connectivity index (χ0v) is 8.02. The average Bonchev–Trinajstić information content (AvgIpc) is 2.12. The number of hydrogen-bond donors (Lipinski definition) is 1. The molecular weight excluding hydrogens is 195 g/mol. The Bertz CT molecular complexity index is 460. The molecule has 0 aliphatic carbocycles. The summed E-state index contributed by atoms with van der Waals surface area (Å²) in [4.78, 5) is 0. The molecule has 1 N–H and O–H groups in total. The Morgan fingerprint density at radius 1 is 1.40 bits per heavy atom. The zero-order valence-electron chi connectivity index (χ0n) is 8.02. The predicted molar refractivity (Wildman–Crippen MR) is 53.2 cm³/mol. The van der Waals surface area contributed by atoms with Crippen LogP contribution in [0.3, 0.4) is 0 Å². The van der Waals surface area contributed by atoms with Crippen LogP contribution in [-0.2, 0) is 0 Å². The molecule has 0 saturated heterocycles. The highest BCUT2D eigenvalue weighted by atomic mass is 19.1. The van der Waals surface area contributed by atoms with Crippen molar-refractivity contribution in [2.45, 2.75) is 6.42 Å². The Morgan fingerprint density at radius 3 is 2.53 bits per heavy atom. The number of rotatable bonds is 3. The Labute approximate surface area is 86.5 Å². The molecule has 0 spiro atoms. The molecule has 0 unspecified atom stereocenters. The van der Waals surface area contributed by atoms with E-state index >= 15 is 0 Å². The molecule has 15 heavy (non-hydrogen) atoms. The molecule has 0 fully saturated rings. The van der Waals surface area contributed by atoms with Gasteiger partial charge >= 0.3 is 0 Å². The van der Waals surface area contributed by atoms with Gasteiger partial charge in [0.05, 0.1) is 12.2 Å². The molecule has 0 radical (unpaired) electrons. The lowest BCUT2D eigenvalue weighted by Gasteiger charge is -2.04. The maximum absolute atomic E-state index is 12.6. The Kier molecular flexibility index (Phi) is 2.33. The number of benzene rings is 1. The second kappa shape index (κ2) is 3.65. The second-order valence-corrected chi connectivity index (χ2v) is 3.28. The van der Waals surface area contributed by atoms with Crippen LogP contribution in [0, 0.1) is 5.82 Å². The zero-order chi connectivity index (χ0) is 10.8. The summed E-state index contributed by atoms with van der Waals surface area (Å²) in [6.45, 7) is 3.37. The first-order chi connectivity index (χ1) is 7.15. The number of nitrogens with zero attached hydrogens (tertiary/aromatic N) is 2. The molecule has 0 atom stereocenters. The molecule has 1 heterocycles. The first kappa shape index (κ1) is 9.58. The SMILES string of the molecule is C=C(O)CC1=C[N+](c2ccc(F)cc2)=N1. The molecule has 2 rings (SSSR count). The fourth-order valence-corrected chi connectivity index (χ4v) is 1.29. The Morgan fingerprint density at radius 2 is 2.00 bits per heavy atom. The number of hydrogen-bond acceptors (Lipinski definition) is 2. The monoisotopic (exact) mass is 205 g/mol. The van der Waals surface area contributed by atoms with Gasteiger partial charge in [0.1, 0.15) is 5.82 Å². The minimum Gasteiger partial charge on any atom is -0.513 e. The van der Waals surface area contributed by atoms with Crippen molar-refractivity contribution in [3.8, 4) is 0 Å². The molecule has 0 saturated carbocycles. The molecule has 0 bridgehead atoms. The predicted octanol–water partition coefficient (Wildman–Crippen LogP) is 3.24. The lowest BCUT2D eigenvalue weighted by molar-refractivity contribution is -0.461. The number of azo groups is 2. The highest BCUT2D eigenvalue weighted by molar-refractivity contribution is 5.30. The topological polar surface area (TPSA) is 35.6 Å². The third-order valence-corrected chi connectivity index (χ3v) is 1.98. The smallest absolute Gasteiger partial charge is 0.238 e. The van der Waals surface area contributed by atoms with Gasteiger partial charge < -0.3 is 5.11 Å². The van der Waals surface area contributed by atoms with Crippen LogP contribution < -0.4 is 0 Å². The normalized spacial score (nSPS) is 13.9. The van der Waals surface area contributed by atoms with Crippen LogP contribution in [-0.4, -0.2) is 9.80 Å². The molecular formula is C11H10FN2O+. The molecule has 1 aromatic rings. The molecule has 3 nitrogen and oxygen atoms in total. The maximum Gasteiger partial charge on any atom is 0.238 e. The van der Waals surface area contributed by atoms with Crippen molar-refractivity contribution in [3.05, 3.63) is 54.3 Å². The molecule has 76 valence electrons. The first-order valence-electron chi connectivity index (χ1n) is 4.49. The van der Waals surface area contributed by atoms with Gasteiger partial charge in [0.25, 0.3) is 0 Å². The van der Waals surface area contributed by atoms with Crippen molar-refractivity contribution in [3.63, 3.8) is 0 Å². The quantitative estimate of drug-likeness (QED) is 0.596. The van der Waals surface area contributed by atoms with Crippen LogP contribution in [0.1, 0.15) is 6.42 Å². The van der Waals surface area contributed by atoms with Crippen LogP contribution in [0.4, 0.5) is 10.1 Å². The molecule has 1 aliphatic rings.